The van der Waals surface area contributed by atoms with Crippen LogP contribution in [-0.2, 0) is 4.74 Å². The summed E-state index contributed by atoms with van der Waals surface area (Å²) >= 11 is 0. The fraction of sp³-hybridized carbons (Fsp3) is 0.375. The van der Waals surface area contributed by atoms with Crippen LogP contribution in [-0.4, -0.2) is 43.3 Å². The van der Waals surface area contributed by atoms with Crippen molar-refractivity contribution in [1.29, 1.82) is 0 Å². The van der Waals surface area contributed by atoms with Gasteiger partial charge in [0.1, 0.15) is 18.5 Å². The lowest BCUT2D eigenvalue weighted by Gasteiger charge is -2.43. The lowest BCUT2D eigenvalue weighted by Crippen LogP contribution is -2.52. The van der Waals surface area contributed by atoms with Gasteiger partial charge in [0, 0.05) is 6.54 Å². The summed E-state index contributed by atoms with van der Waals surface area (Å²) < 4.78 is 11.4. The Hall–Kier alpha value is -2.97. The van der Waals surface area contributed by atoms with Gasteiger partial charge in [0.15, 0.2) is 0 Å². The standard InChI is InChI=1S/C24H26N2O3/c1-2-15-28-21-10-6-9-20(16-21)23(19-7-4-3-5-8-19)25-24(27)29-22-17-26-13-11-18(22)12-14-26/h1,3-10,16,18,22-23H,11-15,17H2,(H,25,27). The van der Waals surface area contributed by atoms with E-state index < -0.39 is 0 Å². The highest BCUT2D eigenvalue weighted by molar-refractivity contribution is 5.69. The zero-order valence-electron chi connectivity index (χ0n) is 16.4. The molecule has 2 aromatic carbocycles. The fourth-order valence-electron chi connectivity index (χ4n) is 4.25. The van der Waals surface area contributed by atoms with E-state index in [0.717, 1.165) is 43.6 Å². The van der Waals surface area contributed by atoms with Crippen LogP contribution in [0, 0.1) is 18.3 Å². The topological polar surface area (TPSA) is 50.8 Å². The van der Waals surface area contributed by atoms with Gasteiger partial charge in [0.25, 0.3) is 0 Å². The first-order chi connectivity index (χ1) is 14.2. The summed E-state index contributed by atoms with van der Waals surface area (Å²) in [6.07, 6.45) is 7.09. The Kier molecular flexibility index (Phi) is 6.02. The molecule has 1 N–H and O–H groups in total. The van der Waals surface area contributed by atoms with Gasteiger partial charge in [-0.1, -0.05) is 48.4 Å². The van der Waals surface area contributed by atoms with Gasteiger partial charge in [-0.3, -0.25) is 4.90 Å². The van der Waals surface area contributed by atoms with Gasteiger partial charge in [-0.15, -0.1) is 6.42 Å². The largest absolute Gasteiger partial charge is 0.481 e. The molecule has 3 aliphatic heterocycles. The minimum Gasteiger partial charge on any atom is -0.481 e. The second-order valence-corrected chi connectivity index (χ2v) is 7.64. The van der Waals surface area contributed by atoms with E-state index in [1.54, 1.807) is 0 Å². The molecule has 3 aliphatic rings. The summed E-state index contributed by atoms with van der Waals surface area (Å²) in [6.45, 7) is 3.27. The summed E-state index contributed by atoms with van der Waals surface area (Å²) in [6, 6.07) is 17.2. The van der Waals surface area contributed by atoms with Gasteiger partial charge < -0.3 is 14.8 Å². The summed E-state index contributed by atoms with van der Waals surface area (Å²) in [7, 11) is 0. The molecule has 5 nitrogen and oxygen atoms in total. The Morgan fingerprint density at radius 2 is 1.90 bits per heavy atom. The van der Waals surface area contributed by atoms with E-state index >= 15 is 0 Å². The molecule has 1 amide bonds. The summed E-state index contributed by atoms with van der Waals surface area (Å²) in [4.78, 5) is 15.2. The number of hydrogen-bond acceptors (Lipinski definition) is 4. The van der Waals surface area contributed by atoms with E-state index in [1.807, 2.05) is 54.6 Å². The molecule has 0 aliphatic carbocycles. The van der Waals surface area contributed by atoms with Gasteiger partial charge >= 0.3 is 6.09 Å². The van der Waals surface area contributed by atoms with Gasteiger partial charge in [0.05, 0.1) is 6.04 Å². The molecule has 29 heavy (non-hydrogen) atoms. The normalized spacial score (nSPS) is 23.6. The van der Waals surface area contributed by atoms with Crippen molar-refractivity contribution >= 4 is 6.09 Å². The molecule has 0 aromatic heterocycles. The highest BCUT2D eigenvalue weighted by atomic mass is 16.6. The lowest BCUT2D eigenvalue weighted by atomic mass is 9.86. The number of ether oxygens (including phenoxy) is 2. The molecule has 5 heteroatoms. The Labute approximate surface area is 172 Å². The summed E-state index contributed by atoms with van der Waals surface area (Å²) in [5, 5.41) is 3.06. The summed E-state index contributed by atoms with van der Waals surface area (Å²) in [5.74, 6) is 3.62. The maximum atomic E-state index is 12.8. The van der Waals surface area contributed by atoms with Crippen LogP contribution in [0.5, 0.6) is 5.75 Å². The van der Waals surface area contributed by atoms with Gasteiger partial charge in [-0.2, -0.15) is 0 Å². The number of alkyl carbamates (subject to hydrolysis) is 1. The fourth-order valence-corrected chi connectivity index (χ4v) is 4.25. The first kappa shape index (κ1) is 19.4. The van der Waals surface area contributed by atoms with E-state index in [-0.39, 0.29) is 24.8 Å². The van der Waals surface area contributed by atoms with Crippen LogP contribution in [0.25, 0.3) is 0 Å². The Morgan fingerprint density at radius 3 is 2.59 bits per heavy atom. The molecule has 2 bridgehead atoms. The van der Waals surface area contributed by atoms with Crippen LogP contribution in [0.4, 0.5) is 4.79 Å². The molecular weight excluding hydrogens is 364 g/mol. The second kappa shape index (κ2) is 9.02. The molecular formula is C24H26N2O3. The Bertz CT molecular complexity index is 869. The zero-order valence-corrected chi connectivity index (χ0v) is 16.4. The minimum absolute atomic E-state index is 0.0285. The van der Waals surface area contributed by atoms with Crippen molar-refractivity contribution in [3.8, 4) is 18.1 Å². The maximum absolute atomic E-state index is 12.8. The van der Waals surface area contributed by atoms with Gasteiger partial charge in [-0.25, -0.2) is 4.79 Å². The Morgan fingerprint density at radius 1 is 1.14 bits per heavy atom. The van der Waals surface area contributed by atoms with Crippen molar-refractivity contribution in [3.05, 3.63) is 65.7 Å². The van der Waals surface area contributed by atoms with Crippen molar-refractivity contribution < 1.29 is 14.3 Å². The van der Waals surface area contributed by atoms with Crippen LogP contribution >= 0.6 is 0 Å². The number of terminal acetylenes is 1. The van der Waals surface area contributed by atoms with Crippen LogP contribution in [0.2, 0.25) is 0 Å². The predicted molar refractivity (Wildman–Crippen MR) is 112 cm³/mol. The number of hydrogen-bond donors (Lipinski definition) is 1. The number of carbonyl (C=O) groups is 1. The zero-order chi connectivity index (χ0) is 20.1. The molecule has 150 valence electrons. The van der Waals surface area contributed by atoms with Crippen molar-refractivity contribution in [1.82, 2.24) is 10.2 Å². The van der Waals surface area contributed by atoms with Gasteiger partial charge in [0.2, 0.25) is 0 Å². The average Bonchev–Trinajstić information content (AvgIpc) is 2.78. The lowest BCUT2D eigenvalue weighted by molar-refractivity contribution is -0.0336. The van der Waals surface area contributed by atoms with Crippen molar-refractivity contribution in [2.45, 2.75) is 25.0 Å². The number of rotatable bonds is 6. The molecule has 5 rings (SSSR count). The van der Waals surface area contributed by atoms with Crippen molar-refractivity contribution in [3.63, 3.8) is 0 Å². The SMILES string of the molecule is C#CCOc1cccc(C(NC(=O)OC2CN3CCC2CC3)c2ccccc2)c1. The molecule has 0 saturated carbocycles. The van der Waals surface area contributed by atoms with Crippen molar-refractivity contribution in [2.24, 2.45) is 5.92 Å². The van der Waals surface area contributed by atoms with E-state index in [0.29, 0.717) is 11.7 Å². The molecule has 3 heterocycles. The number of nitrogens with one attached hydrogen (secondary N) is 1. The minimum atomic E-state index is -0.382. The highest BCUT2D eigenvalue weighted by Gasteiger charge is 2.36. The third-order valence-corrected chi connectivity index (χ3v) is 5.76. The number of amides is 1. The third-order valence-electron chi connectivity index (χ3n) is 5.76. The van der Waals surface area contributed by atoms with Gasteiger partial charge in [-0.05, 0) is 55.1 Å². The molecule has 0 spiro atoms. The van der Waals surface area contributed by atoms with Crippen LogP contribution < -0.4 is 10.1 Å². The first-order valence-corrected chi connectivity index (χ1v) is 10.1. The molecule has 2 aromatic rings. The third kappa shape index (κ3) is 4.72. The Balaban J connectivity index is 1.51. The average molecular weight is 390 g/mol. The van der Waals surface area contributed by atoms with E-state index in [2.05, 4.69) is 16.1 Å². The smallest absolute Gasteiger partial charge is 0.408 e. The highest BCUT2D eigenvalue weighted by Crippen LogP contribution is 2.30. The van der Waals surface area contributed by atoms with E-state index in [1.165, 1.54) is 0 Å². The van der Waals surface area contributed by atoms with E-state index in [9.17, 15) is 4.79 Å². The number of fused-ring (bicyclic) bond motifs is 3. The van der Waals surface area contributed by atoms with Crippen molar-refractivity contribution in [2.75, 3.05) is 26.2 Å². The molecule has 3 fully saturated rings. The van der Waals surface area contributed by atoms with Crippen LogP contribution in [0.15, 0.2) is 54.6 Å². The molecule has 2 unspecified atom stereocenters. The number of benzene rings is 2. The molecule has 3 saturated heterocycles. The van der Waals surface area contributed by atoms with Crippen LogP contribution in [0.1, 0.15) is 30.0 Å². The number of carbonyl (C=O) groups excluding carboxylic acids is 1. The summed E-state index contributed by atoms with van der Waals surface area (Å²) in [5.41, 5.74) is 1.89. The molecule has 0 radical (unpaired) electrons. The van der Waals surface area contributed by atoms with E-state index in [4.69, 9.17) is 15.9 Å². The number of piperidine rings is 3. The maximum Gasteiger partial charge on any atom is 0.408 e. The second-order valence-electron chi connectivity index (χ2n) is 7.64. The van der Waals surface area contributed by atoms with Crippen LogP contribution in [0.3, 0.4) is 0 Å². The predicted octanol–water partition coefficient (Wildman–Crippen LogP) is 3.61. The number of nitrogens with zero attached hydrogens (tertiary/aromatic N) is 1. The quantitative estimate of drug-likeness (QED) is 0.766. The molecule has 2 atom stereocenters. The first-order valence-electron chi connectivity index (χ1n) is 10.1. The monoisotopic (exact) mass is 390 g/mol.